The first kappa shape index (κ1) is 33.1. The number of ketones is 2. The number of hydrogen-bond acceptors (Lipinski definition) is 4. The summed E-state index contributed by atoms with van der Waals surface area (Å²) in [7, 11) is 0. The number of Topliss-reactive ketones (excluding diaryl/α,β-unsaturated/α-hetero) is 2. The molecule has 2 aromatic carbocycles. The number of carbonyl (C=O) groups is 2. The average molecular weight is 647 g/mol. The lowest BCUT2D eigenvalue weighted by molar-refractivity contribution is -0.132. The van der Waals surface area contributed by atoms with Gasteiger partial charge in [0.25, 0.3) is 0 Å². The van der Waals surface area contributed by atoms with E-state index in [2.05, 4.69) is 126 Å². The SMILES string of the molecule is CC(C)(C)C1=C[C@@]23Cc4cc(C(C)(C)C)cc(c4O2)CC2=CC(C(C)(C)C)C[C@]4(Cc5cc(C(C)(C)C)cc(c5O4)CC(=C1)C3=O)C2=O. The standard InChI is InChI=1S/C44H54O4/c1-39(2,3)31-15-25-13-27-17-33(41(7,8)9)24-44(37(27)45)22-30-20-32(40(4,5)6)16-26(36(30)48-44)14-28-18-34(42(10,11)12)23-43(38(28)46)21-29(19-31)35(25)47-43/h15-20,23,33H,13-14,21-22,24H2,1-12H3/t33?,43-,44-/m1/s1. The first-order chi connectivity index (χ1) is 22.0. The van der Waals surface area contributed by atoms with Gasteiger partial charge in [0, 0.05) is 43.3 Å². The molecule has 254 valence electrons. The molecule has 3 atom stereocenters. The Morgan fingerprint density at radius 3 is 1.69 bits per heavy atom. The molecule has 0 saturated heterocycles. The molecule has 3 aliphatic heterocycles. The molecule has 0 amide bonds. The van der Waals surface area contributed by atoms with Gasteiger partial charge in [-0.15, -0.1) is 0 Å². The summed E-state index contributed by atoms with van der Waals surface area (Å²) < 4.78 is 14.1. The zero-order valence-electron chi connectivity index (χ0n) is 31.3. The van der Waals surface area contributed by atoms with Gasteiger partial charge in [0.15, 0.2) is 11.2 Å². The fraction of sp³-hybridized carbons (Fsp3) is 0.545. The zero-order chi connectivity index (χ0) is 35.0. The highest BCUT2D eigenvalue weighted by Gasteiger charge is 2.54. The maximum Gasteiger partial charge on any atom is 0.207 e. The molecular formula is C44H54O4. The molecule has 4 heteroatoms. The number of hydrogen-bond donors (Lipinski definition) is 0. The first-order valence-electron chi connectivity index (χ1n) is 17.9. The van der Waals surface area contributed by atoms with Crippen molar-refractivity contribution in [3.8, 4) is 11.5 Å². The molecule has 4 nitrogen and oxygen atoms in total. The summed E-state index contributed by atoms with van der Waals surface area (Å²) in [5.74, 6) is 1.83. The van der Waals surface area contributed by atoms with Crippen molar-refractivity contribution in [1.82, 2.24) is 0 Å². The first-order valence-corrected chi connectivity index (χ1v) is 17.9. The van der Waals surface area contributed by atoms with Crippen LogP contribution in [0.1, 0.15) is 123 Å². The van der Waals surface area contributed by atoms with E-state index in [4.69, 9.17) is 9.47 Å². The van der Waals surface area contributed by atoms with E-state index in [0.717, 1.165) is 50.5 Å². The molecule has 1 unspecified atom stereocenters. The van der Waals surface area contributed by atoms with E-state index in [0.29, 0.717) is 32.1 Å². The van der Waals surface area contributed by atoms with Crippen LogP contribution in [0.4, 0.5) is 0 Å². The number of allylic oxidation sites excluding steroid dienone is 3. The van der Waals surface area contributed by atoms with Crippen molar-refractivity contribution < 1.29 is 19.1 Å². The van der Waals surface area contributed by atoms with Gasteiger partial charge in [-0.1, -0.05) is 120 Å². The van der Waals surface area contributed by atoms with Crippen LogP contribution in [0.15, 0.2) is 59.2 Å². The molecule has 0 aromatic heterocycles. The highest BCUT2D eigenvalue weighted by Crippen LogP contribution is 2.53. The van der Waals surface area contributed by atoms with Gasteiger partial charge in [-0.3, -0.25) is 9.59 Å². The third-order valence-electron chi connectivity index (χ3n) is 11.5. The smallest absolute Gasteiger partial charge is 0.207 e. The van der Waals surface area contributed by atoms with E-state index < -0.39 is 11.2 Å². The Kier molecular flexibility index (Phi) is 6.95. The van der Waals surface area contributed by atoms with Crippen molar-refractivity contribution in [3.05, 3.63) is 92.6 Å². The van der Waals surface area contributed by atoms with Crippen molar-refractivity contribution in [3.63, 3.8) is 0 Å². The van der Waals surface area contributed by atoms with E-state index in [-0.39, 0.29) is 39.1 Å². The van der Waals surface area contributed by atoms with Crippen LogP contribution in [0.25, 0.3) is 0 Å². The molecule has 48 heavy (non-hydrogen) atoms. The zero-order valence-corrected chi connectivity index (χ0v) is 31.3. The predicted molar refractivity (Wildman–Crippen MR) is 193 cm³/mol. The number of rotatable bonds is 0. The summed E-state index contributed by atoms with van der Waals surface area (Å²) in [5, 5.41) is 0. The Hall–Kier alpha value is -3.40. The minimum absolute atomic E-state index is 0.0259. The highest BCUT2D eigenvalue weighted by atomic mass is 16.5. The third-order valence-corrected chi connectivity index (χ3v) is 11.5. The fourth-order valence-corrected chi connectivity index (χ4v) is 8.32. The van der Waals surface area contributed by atoms with Gasteiger partial charge in [0.2, 0.25) is 11.6 Å². The van der Waals surface area contributed by atoms with Crippen LogP contribution in [-0.2, 0) is 46.1 Å². The number of ether oxygens (including phenoxy) is 2. The van der Waals surface area contributed by atoms with Crippen molar-refractivity contribution in [2.45, 2.75) is 137 Å². The molecule has 0 fully saturated rings. The molecule has 6 bridgehead atoms. The van der Waals surface area contributed by atoms with Crippen molar-refractivity contribution in [2.75, 3.05) is 0 Å². The van der Waals surface area contributed by atoms with Crippen LogP contribution >= 0.6 is 0 Å². The number of carbonyl (C=O) groups excluding carboxylic acids is 2. The summed E-state index contributed by atoms with van der Waals surface area (Å²) in [6, 6.07) is 8.95. The van der Waals surface area contributed by atoms with Gasteiger partial charge < -0.3 is 9.47 Å². The molecular weight excluding hydrogens is 592 g/mol. The number of fused-ring (bicyclic) bond motifs is 2. The van der Waals surface area contributed by atoms with Crippen LogP contribution in [0, 0.1) is 16.7 Å². The normalized spacial score (nSPS) is 26.7. The summed E-state index contributed by atoms with van der Waals surface area (Å²) in [5.41, 5.74) is 6.55. The van der Waals surface area contributed by atoms with Crippen LogP contribution in [0.5, 0.6) is 11.5 Å². The largest absolute Gasteiger partial charge is 0.478 e. The van der Waals surface area contributed by atoms with Gasteiger partial charge in [-0.05, 0) is 72.6 Å². The van der Waals surface area contributed by atoms with E-state index >= 15 is 0 Å². The second-order valence-electron chi connectivity index (χ2n) is 19.6. The lowest BCUT2D eigenvalue weighted by Gasteiger charge is -2.41. The average Bonchev–Trinajstić information content (AvgIpc) is 3.50. The molecule has 2 aliphatic carbocycles. The minimum atomic E-state index is -1.13. The Bertz CT molecular complexity index is 1870. The molecule has 5 aliphatic rings. The van der Waals surface area contributed by atoms with Crippen LogP contribution < -0.4 is 9.47 Å². The van der Waals surface area contributed by atoms with E-state index in [9.17, 15) is 9.59 Å². The van der Waals surface area contributed by atoms with Gasteiger partial charge >= 0.3 is 0 Å². The van der Waals surface area contributed by atoms with Crippen molar-refractivity contribution in [1.29, 1.82) is 0 Å². The summed E-state index contributed by atoms with van der Waals surface area (Å²) >= 11 is 0. The second kappa shape index (κ2) is 10.1. The summed E-state index contributed by atoms with van der Waals surface area (Å²) in [4.78, 5) is 29.8. The maximum atomic E-state index is 14.9. The van der Waals surface area contributed by atoms with Crippen molar-refractivity contribution >= 4 is 11.6 Å². The predicted octanol–water partition coefficient (Wildman–Crippen LogP) is 9.47. The molecule has 7 rings (SSSR count). The maximum absolute atomic E-state index is 14.9. The van der Waals surface area contributed by atoms with Crippen LogP contribution in [0.3, 0.4) is 0 Å². The quantitative estimate of drug-likeness (QED) is 0.286. The Labute approximate surface area is 288 Å². The summed E-state index contributed by atoms with van der Waals surface area (Å²) in [6.07, 6.45) is 8.97. The molecule has 0 saturated carbocycles. The molecule has 0 radical (unpaired) electrons. The lowest BCUT2D eigenvalue weighted by atomic mass is 9.66. The van der Waals surface area contributed by atoms with Gasteiger partial charge in [-0.25, -0.2) is 0 Å². The number of benzene rings is 2. The molecule has 3 heterocycles. The lowest BCUT2D eigenvalue weighted by Crippen LogP contribution is -2.50. The topological polar surface area (TPSA) is 52.6 Å². The van der Waals surface area contributed by atoms with Gasteiger partial charge in [-0.2, -0.15) is 0 Å². The molecule has 2 spiro atoms. The van der Waals surface area contributed by atoms with Gasteiger partial charge in [0.1, 0.15) is 11.5 Å². The Morgan fingerprint density at radius 1 is 0.625 bits per heavy atom. The van der Waals surface area contributed by atoms with E-state index in [1.165, 1.54) is 11.1 Å². The second-order valence-corrected chi connectivity index (χ2v) is 19.6. The summed E-state index contributed by atoms with van der Waals surface area (Å²) in [6.45, 7) is 26.7. The fourth-order valence-electron chi connectivity index (χ4n) is 8.32. The Morgan fingerprint density at radius 2 is 1.15 bits per heavy atom. The molecule has 0 N–H and O–H groups in total. The minimum Gasteiger partial charge on any atom is -0.478 e. The molecule has 2 aromatic rings. The Balaban J connectivity index is 1.52. The van der Waals surface area contributed by atoms with E-state index in [1.807, 2.05) is 0 Å². The third kappa shape index (κ3) is 5.24. The van der Waals surface area contributed by atoms with E-state index in [1.54, 1.807) is 0 Å². The van der Waals surface area contributed by atoms with Crippen molar-refractivity contribution in [2.24, 2.45) is 16.7 Å². The van der Waals surface area contributed by atoms with Crippen LogP contribution in [0.2, 0.25) is 0 Å². The van der Waals surface area contributed by atoms with Crippen LogP contribution in [-0.4, -0.2) is 22.8 Å². The highest BCUT2D eigenvalue weighted by molar-refractivity contribution is 6.07. The van der Waals surface area contributed by atoms with Gasteiger partial charge in [0.05, 0.1) is 0 Å². The monoisotopic (exact) mass is 646 g/mol.